The van der Waals surface area contributed by atoms with Crippen molar-refractivity contribution in [2.45, 2.75) is 19.1 Å². The molecule has 0 spiro atoms. The van der Waals surface area contributed by atoms with Crippen molar-refractivity contribution in [2.24, 2.45) is 5.92 Å². The molecule has 0 radical (unpaired) electrons. The summed E-state index contributed by atoms with van der Waals surface area (Å²) < 4.78 is 42.8. The van der Waals surface area contributed by atoms with Gasteiger partial charge in [0.05, 0.1) is 24.8 Å². The molecule has 8 nitrogen and oxygen atoms in total. The molecule has 40 heavy (non-hydrogen) atoms. The predicted octanol–water partition coefficient (Wildman–Crippen LogP) is 4.26. The highest BCUT2D eigenvalue weighted by molar-refractivity contribution is 6.03. The lowest BCUT2D eigenvalue weighted by Crippen LogP contribution is -2.27. The first-order valence-corrected chi connectivity index (χ1v) is 12.4. The Hall–Kier alpha value is -4.64. The van der Waals surface area contributed by atoms with Gasteiger partial charge in [-0.05, 0) is 54.5 Å². The highest BCUT2D eigenvalue weighted by atomic mass is 19.4. The zero-order chi connectivity index (χ0) is 28.4. The third-order valence-electron chi connectivity index (χ3n) is 6.75. The highest BCUT2D eigenvalue weighted by Gasteiger charge is 2.37. The van der Waals surface area contributed by atoms with Gasteiger partial charge in [0.1, 0.15) is 0 Å². The van der Waals surface area contributed by atoms with Gasteiger partial charge in [-0.15, -0.1) is 0 Å². The van der Waals surface area contributed by atoms with E-state index in [1.807, 2.05) is 6.08 Å². The Bertz CT molecular complexity index is 1500. The maximum absolute atomic E-state index is 12.8. The molecule has 0 bridgehead atoms. The molecule has 11 heteroatoms. The Balaban J connectivity index is 1.19. The fourth-order valence-corrected chi connectivity index (χ4v) is 4.77. The Kier molecular flexibility index (Phi) is 7.31. The molecule has 5 rings (SSSR count). The minimum atomic E-state index is -4.39. The van der Waals surface area contributed by atoms with Crippen LogP contribution in [-0.4, -0.2) is 31.4 Å². The van der Waals surface area contributed by atoms with E-state index in [1.165, 1.54) is 19.2 Å². The van der Waals surface area contributed by atoms with Crippen LogP contribution in [0.1, 0.15) is 23.1 Å². The molecule has 1 atom stereocenters. The first kappa shape index (κ1) is 26.9. The van der Waals surface area contributed by atoms with Crippen molar-refractivity contribution >= 4 is 35.2 Å². The summed E-state index contributed by atoms with van der Waals surface area (Å²) in [5, 5.41) is 11.9. The molecular formula is C29H25F3N4O4. The number of alkyl halides is 3. The average Bonchev–Trinajstić information content (AvgIpc) is 3.27. The van der Waals surface area contributed by atoms with Crippen molar-refractivity contribution in [3.63, 3.8) is 0 Å². The fourth-order valence-electron chi connectivity index (χ4n) is 4.77. The van der Waals surface area contributed by atoms with E-state index in [1.54, 1.807) is 36.4 Å². The van der Waals surface area contributed by atoms with Gasteiger partial charge in [-0.1, -0.05) is 24.3 Å². The van der Waals surface area contributed by atoms with Gasteiger partial charge in [0.15, 0.2) is 0 Å². The normalized spacial score (nSPS) is 19.5. The van der Waals surface area contributed by atoms with Gasteiger partial charge in [-0.2, -0.15) is 13.2 Å². The number of hydrogen-bond acceptors (Lipinski definition) is 6. The lowest BCUT2D eigenvalue weighted by atomic mass is 9.88. The van der Waals surface area contributed by atoms with Crippen LogP contribution in [0.4, 0.5) is 24.5 Å². The number of nitrogens with one attached hydrogen (secondary N) is 4. The molecule has 1 fully saturated rings. The Morgan fingerprint density at radius 2 is 1.85 bits per heavy atom. The molecule has 2 heterocycles. The van der Waals surface area contributed by atoms with Gasteiger partial charge in [-0.3, -0.25) is 9.59 Å². The van der Waals surface area contributed by atoms with Gasteiger partial charge >= 0.3 is 12.1 Å². The van der Waals surface area contributed by atoms with E-state index in [9.17, 15) is 27.6 Å². The molecular weight excluding hydrogens is 525 g/mol. The number of esters is 1. The second-order valence-electron chi connectivity index (χ2n) is 9.43. The van der Waals surface area contributed by atoms with Crippen LogP contribution >= 0.6 is 0 Å². The van der Waals surface area contributed by atoms with Crippen LogP contribution in [-0.2, 0) is 31.8 Å². The number of fused-ring (bicyclic) bond motifs is 2. The molecule has 2 aromatic carbocycles. The van der Waals surface area contributed by atoms with E-state index in [-0.39, 0.29) is 30.8 Å². The standard InChI is InChI=1S/C29H25F3N4O4/c1-40-28(39)18-4-9-21-24(13-18)36-27(38)26(21)23-10-5-17-12-20(8-11-22(17)35-23)34-25(37)15-33-14-16-2-6-19(7-3-16)29(30,31)32/h2-8,10-13,21,33,35H,9,14-15H2,1H3,(H,34,37)(H,36,38)/b26-23-. The molecule has 2 aromatic rings. The molecule has 4 N–H and O–H groups in total. The Labute approximate surface area is 227 Å². The summed E-state index contributed by atoms with van der Waals surface area (Å²) in [6.45, 7) is 0.214. The average molecular weight is 551 g/mol. The number of methoxy groups -OCH3 is 1. The molecule has 0 saturated carbocycles. The number of halogens is 3. The minimum Gasteiger partial charge on any atom is -0.465 e. The smallest absolute Gasteiger partial charge is 0.416 e. The summed E-state index contributed by atoms with van der Waals surface area (Å²) in [5.74, 6) is -1.20. The second kappa shape index (κ2) is 10.9. The van der Waals surface area contributed by atoms with Crippen molar-refractivity contribution in [3.05, 3.63) is 99.9 Å². The number of carbonyl (C=O) groups is 3. The lowest BCUT2D eigenvalue weighted by Gasteiger charge is -2.21. The maximum atomic E-state index is 12.8. The number of benzene rings is 2. The van der Waals surface area contributed by atoms with E-state index in [4.69, 9.17) is 4.74 Å². The van der Waals surface area contributed by atoms with Gasteiger partial charge in [-0.25, -0.2) is 4.79 Å². The van der Waals surface area contributed by atoms with Crippen molar-refractivity contribution in [2.75, 3.05) is 24.3 Å². The van der Waals surface area contributed by atoms with Crippen LogP contribution < -0.4 is 21.3 Å². The first-order valence-electron chi connectivity index (χ1n) is 12.4. The van der Waals surface area contributed by atoms with E-state index in [2.05, 4.69) is 21.3 Å². The van der Waals surface area contributed by atoms with E-state index in [0.717, 1.165) is 23.4 Å². The zero-order valence-corrected chi connectivity index (χ0v) is 21.3. The zero-order valence-electron chi connectivity index (χ0n) is 21.3. The fraction of sp³-hybridized carbons (Fsp3) is 0.207. The number of allylic oxidation sites excluding steroid dienone is 3. The monoisotopic (exact) mass is 550 g/mol. The topological polar surface area (TPSA) is 109 Å². The highest BCUT2D eigenvalue weighted by Crippen LogP contribution is 2.38. The first-order chi connectivity index (χ1) is 19.1. The van der Waals surface area contributed by atoms with Crippen LogP contribution in [0.25, 0.3) is 6.08 Å². The van der Waals surface area contributed by atoms with E-state index < -0.39 is 17.7 Å². The summed E-state index contributed by atoms with van der Waals surface area (Å²) in [5.41, 5.74) is 4.33. The Morgan fingerprint density at radius 1 is 1.07 bits per heavy atom. The van der Waals surface area contributed by atoms with Crippen molar-refractivity contribution < 1.29 is 32.3 Å². The maximum Gasteiger partial charge on any atom is 0.416 e. The van der Waals surface area contributed by atoms with Crippen LogP contribution in [0.3, 0.4) is 0 Å². The third-order valence-corrected chi connectivity index (χ3v) is 6.75. The lowest BCUT2D eigenvalue weighted by molar-refractivity contribution is -0.137. The molecule has 3 aliphatic rings. The molecule has 1 unspecified atom stereocenters. The van der Waals surface area contributed by atoms with Gasteiger partial charge < -0.3 is 26.0 Å². The number of amides is 2. The molecule has 2 aliphatic heterocycles. The van der Waals surface area contributed by atoms with Crippen molar-refractivity contribution in [1.29, 1.82) is 0 Å². The molecule has 1 saturated heterocycles. The number of hydrogen-bond donors (Lipinski definition) is 4. The summed E-state index contributed by atoms with van der Waals surface area (Å²) in [7, 11) is 1.31. The number of rotatable bonds is 6. The predicted molar refractivity (Wildman–Crippen MR) is 142 cm³/mol. The molecule has 0 aromatic heterocycles. The van der Waals surface area contributed by atoms with Crippen LogP contribution in [0.2, 0.25) is 0 Å². The van der Waals surface area contributed by atoms with E-state index >= 15 is 0 Å². The summed E-state index contributed by atoms with van der Waals surface area (Å²) in [6.07, 6.45) is 3.14. The van der Waals surface area contributed by atoms with Crippen LogP contribution in [0.15, 0.2) is 83.2 Å². The quantitative estimate of drug-likeness (QED) is 0.316. The molecule has 1 aliphatic carbocycles. The Morgan fingerprint density at radius 3 is 2.58 bits per heavy atom. The minimum absolute atomic E-state index is 0.0269. The summed E-state index contributed by atoms with van der Waals surface area (Å²) >= 11 is 0. The number of ether oxygens (including phenoxy) is 1. The second-order valence-corrected chi connectivity index (χ2v) is 9.43. The van der Waals surface area contributed by atoms with Crippen LogP contribution in [0, 0.1) is 5.92 Å². The molecule has 206 valence electrons. The summed E-state index contributed by atoms with van der Waals surface area (Å²) in [4.78, 5) is 37.0. The van der Waals surface area contributed by atoms with E-state index in [0.29, 0.717) is 40.2 Å². The van der Waals surface area contributed by atoms with Crippen molar-refractivity contribution in [3.8, 4) is 0 Å². The van der Waals surface area contributed by atoms with Crippen LogP contribution in [0.5, 0.6) is 0 Å². The molecule has 2 amide bonds. The largest absolute Gasteiger partial charge is 0.465 e. The SMILES string of the molecule is COC(=O)C1=CCC2C(=C1)NC(=O)/C2=C1/C=Cc2cc(NC(=O)CNCc3ccc(C(F)(F)F)cc3)ccc2N1. The van der Waals surface area contributed by atoms with Gasteiger partial charge in [0, 0.05) is 46.4 Å². The van der Waals surface area contributed by atoms with Crippen molar-refractivity contribution in [1.82, 2.24) is 10.6 Å². The van der Waals surface area contributed by atoms with Gasteiger partial charge in [0.2, 0.25) is 5.91 Å². The van der Waals surface area contributed by atoms with Gasteiger partial charge in [0.25, 0.3) is 5.91 Å². The number of carbonyl (C=O) groups excluding carboxylic acids is 3. The third kappa shape index (κ3) is 5.69. The summed E-state index contributed by atoms with van der Waals surface area (Å²) in [6, 6.07) is 10.1. The number of anilines is 2.